The van der Waals surface area contributed by atoms with Crippen LogP contribution in [0.15, 0.2) is 36.4 Å². The van der Waals surface area contributed by atoms with E-state index in [2.05, 4.69) is 24.0 Å². The number of halogens is 1. The Morgan fingerprint density at radius 1 is 1.06 bits per heavy atom. The molecule has 0 atom stereocenters. The lowest BCUT2D eigenvalue weighted by molar-refractivity contribution is -0.121. The number of morpholine rings is 1. The lowest BCUT2D eigenvalue weighted by atomic mass is 10.1. The maximum atomic E-state index is 13.9. The van der Waals surface area contributed by atoms with Crippen LogP contribution in [0.5, 0.6) is 0 Å². The predicted molar refractivity (Wildman–Crippen MR) is 143 cm³/mol. The van der Waals surface area contributed by atoms with Gasteiger partial charge in [0.25, 0.3) is 5.91 Å². The largest absolute Gasteiger partial charge is 0.379 e. The summed E-state index contributed by atoms with van der Waals surface area (Å²) >= 11 is 1.52. The molecule has 3 aromatic rings. The summed E-state index contributed by atoms with van der Waals surface area (Å²) in [7, 11) is 0. The van der Waals surface area contributed by atoms with Gasteiger partial charge in [-0.2, -0.15) is 0 Å². The number of nitrogens with zero attached hydrogens (tertiary/aromatic N) is 4. The Hall–Kier alpha value is -2.85. The van der Waals surface area contributed by atoms with Crippen molar-refractivity contribution >= 4 is 62.5 Å². The molecule has 2 aliphatic rings. The van der Waals surface area contributed by atoms with Crippen LogP contribution in [0.1, 0.15) is 34.3 Å². The minimum atomic E-state index is -0.235. The van der Waals surface area contributed by atoms with Crippen molar-refractivity contribution < 1.29 is 19.1 Å². The molecule has 1 aromatic heterocycles. The number of anilines is 2. The second-order valence-electron chi connectivity index (χ2n) is 8.96. The highest BCUT2D eigenvalue weighted by molar-refractivity contribution is 7.22. The summed E-state index contributed by atoms with van der Waals surface area (Å²) in [6.45, 7) is 8.29. The molecule has 36 heavy (non-hydrogen) atoms. The first-order chi connectivity index (χ1) is 16.9. The number of carbonyl (C=O) groups is 3. The molecule has 3 heterocycles. The number of hydrogen-bond donors (Lipinski definition) is 0. The smallest absolute Gasteiger partial charge is 0.260 e. The Bertz CT molecular complexity index is 1250. The van der Waals surface area contributed by atoms with Gasteiger partial charge in [0.15, 0.2) is 5.13 Å². The standard InChI is InChI=1S/C26H28N4O4S.ClH/c1-17-6-7-18(2)24-23(17)27-26(35-24)29(11-10-28-12-14-34-15-13-28)25(33)19-4-3-5-20(16-19)30-21(31)8-9-22(30)32;/h3-7,16H,8-15H2,1-2H3;1H. The zero-order chi connectivity index (χ0) is 24.5. The maximum Gasteiger partial charge on any atom is 0.260 e. The number of thiazole rings is 1. The van der Waals surface area contributed by atoms with Gasteiger partial charge >= 0.3 is 0 Å². The van der Waals surface area contributed by atoms with E-state index in [4.69, 9.17) is 9.72 Å². The topological polar surface area (TPSA) is 83.0 Å². The first kappa shape index (κ1) is 26.2. The molecular weight excluding hydrogens is 500 g/mol. The number of benzene rings is 2. The zero-order valence-corrected chi connectivity index (χ0v) is 22.0. The second kappa shape index (κ2) is 11.0. The van der Waals surface area contributed by atoms with Crippen LogP contribution >= 0.6 is 23.7 Å². The van der Waals surface area contributed by atoms with Crippen LogP contribution in [0.3, 0.4) is 0 Å². The van der Waals surface area contributed by atoms with E-state index in [-0.39, 0.29) is 43.0 Å². The zero-order valence-electron chi connectivity index (χ0n) is 20.4. The molecule has 3 amide bonds. The van der Waals surface area contributed by atoms with Crippen molar-refractivity contribution in [2.45, 2.75) is 26.7 Å². The second-order valence-corrected chi connectivity index (χ2v) is 9.94. The molecule has 2 saturated heterocycles. The van der Waals surface area contributed by atoms with Crippen molar-refractivity contribution in [3.63, 3.8) is 0 Å². The fraction of sp³-hybridized carbons (Fsp3) is 0.385. The molecule has 0 N–H and O–H groups in total. The molecular formula is C26H29ClN4O4S. The summed E-state index contributed by atoms with van der Waals surface area (Å²) in [4.78, 5) is 48.4. The van der Waals surface area contributed by atoms with Gasteiger partial charge in [-0.25, -0.2) is 4.98 Å². The van der Waals surface area contributed by atoms with E-state index >= 15 is 0 Å². The van der Waals surface area contributed by atoms with E-state index in [1.54, 1.807) is 29.2 Å². The van der Waals surface area contributed by atoms with E-state index < -0.39 is 0 Å². The van der Waals surface area contributed by atoms with E-state index in [0.29, 0.717) is 42.7 Å². The maximum absolute atomic E-state index is 13.9. The Kier molecular flexibility index (Phi) is 8.04. The normalized spacial score (nSPS) is 16.4. The van der Waals surface area contributed by atoms with Crippen LogP contribution in [0, 0.1) is 13.8 Å². The average molecular weight is 529 g/mol. The van der Waals surface area contributed by atoms with Crippen molar-refractivity contribution in [2.75, 3.05) is 49.2 Å². The van der Waals surface area contributed by atoms with Crippen molar-refractivity contribution in [3.8, 4) is 0 Å². The number of rotatable bonds is 6. The van der Waals surface area contributed by atoms with E-state index in [0.717, 1.165) is 34.4 Å². The number of imide groups is 1. The van der Waals surface area contributed by atoms with Gasteiger partial charge in [0.2, 0.25) is 11.8 Å². The van der Waals surface area contributed by atoms with Gasteiger partial charge in [-0.3, -0.25) is 29.1 Å². The highest BCUT2D eigenvalue weighted by atomic mass is 35.5. The molecule has 0 bridgehead atoms. The van der Waals surface area contributed by atoms with Crippen molar-refractivity contribution in [1.82, 2.24) is 9.88 Å². The van der Waals surface area contributed by atoms with Crippen LogP contribution in [-0.2, 0) is 14.3 Å². The number of hydrogen-bond acceptors (Lipinski definition) is 7. The van der Waals surface area contributed by atoms with Gasteiger partial charge in [0.1, 0.15) is 0 Å². The first-order valence-electron chi connectivity index (χ1n) is 11.9. The lowest BCUT2D eigenvalue weighted by Crippen LogP contribution is -2.43. The summed E-state index contributed by atoms with van der Waals surface area (Å²) in [5.41, 5.74) is 3.97. The molecule has 10 heteroatoms. The van der Waals surface area contributed by atoms with Gasteiger partial charge in [-0.15, -0.1) is 12.4 Å². The predicted octanol–water partition coefficient (Wildman–Crippen LogP) is 3.97. The monoisotopic (exact) mass is 528 g/mol. The quantitative estimate of drug-likeness (QED) is 0.450. The van der Waals surface area contributed by atoms with Crippen LogP contribution in [0.4, 0.5) is 10.8 Å². The highest BCUT2D eigenvalue weighted by Crippen LogP contribution is 2.34. The third-order valence-electron chi connectivity index (χ3n) is 6.55. The first-order valence-corrected chi connectivity index (χ1v) is 12.7. The number of amides is 3. The highest BCUT2D eigenvalue weighted by Gasteiger charge is 2.31. The van der Waals surface area contributed by atoms with Crippen molar-refractivity contribution in [2.24, 2.45) is 0 Å². The van der Waals surface area contributed by atoms with E-state index in [9.17, 15) is 14.4 Å². The minimum absolute atomic E-state index is 0. The average Bonchev–Trinajstić information content (AvgIpc) is 3.46. The SMILES string of the molecule is Cc1ccc(C)c2sc(N(CCN3CCOCC3)C(=O)c3cccc(N4C(=O)CCC4=O)c3)nc12.Cl. The molecule has 8 nitrogen and oxygen atoms in total. The molecule has 2 fully saturated rings. The Morgan fingerprint density at radius 2 is 1.75 bits per heavy atom. The van der Waals surface area contributed by atoms with Crippen LogP contribution in [-0.4, -0.2) is 67.0 Å². The van der Waals surface area contributed by atoms with Gasteiger partial charge in [0, 0.05) is 44.6 Å². The van der Waals surface area contributed by atoms with Gasteiger partial charge < -0.3 is 4.74 Å². The molecule has 0 aliphatic carbocycles. The molecule has 2 aliphatic heterocycles. The summed E-state index contributed by atoms with van der Waals surface area (Å²) < 4.78 is 6.54. The minimum Gasteiger partial charge on any atom is -0.379 e. The molecule has 2 aromatic carbocycles. The summed E-state index contributed by atoms with van der Waals surface area (Å²) in [5, 5.41) is 0.648. The Morgan fingerprint density at radius 3 is 2.44 bits per heavy atom. The van der Waals surface area contributed by atoms with Gasteiger partial charge in [-0.05, 0) is 43.2 Å². The fourth-order valence-electron chi connectivity index (χ4n) is 4.51. The van der Waals surface area contributed by atoms with Crippen LogP contribution in [0.25, 0.3) is 10.2 Å². The van der Waals surface area contributed by atoms with Gasteiger partial charge in [-0.1, -0.05) is 29.5 Å². The fourth-order valence-corrected chi connectivity index (χ4v) is 5.65. The Balaban J connectivity index is 0.00000304. The Labute approximate surface area is 220 Å². The third kappa shape index (κ3) is 5.15. The lowest BCUT2D eigenvalue weighted by Gasteiger charge is -2.29. The van der Waals surface area contributed by atoms with Crippen LogP contribution < -0.4 is 9.80 Å². The molecule has 0 radical (unpaired) electrons. The van der Waals surface area contributed by atoms with Crippen LogP contribution in [0.2, 0.25) is 0 Å². The molecule has 0 saturated carbocycles. The van der Waals surface area contributed by atoms with Crippen molar-refractivity contribution in [1.29, 1.82) is 0 Å². The summed E-state index contributed by atoms with van der Waals surface area (Å²) in [6, 6.07) is 10.9. The molecule has 0 spiro atoms. The number of aryl methyl sites for hydroxylation is 2. The molecule has 5 rings (SSSR count). The summed E-state index contributed by atoms with van der Waals surface area (Å²) in [5.74, 6) is -0.671. The number of fused-ring (bicyclic) bond motifs is 1. The molecule has 190 valence electrons. The third-order valence-corrected chi connectivity index (χ3v) is 7.77. The van der Waals surface area contributed by atoms with Gasteiger partial charge in [0.05, 0.1) is 29.1 Å². The number of ether oxygens (including phenoxy) is 1. The van der Waals surface area contributed by atoms with E-state index in [1.165, 1.54) is 16.2 Å². The van der Waals surface area contributed by atoms with Crippen molar-refractivity contribution in [3.05, 3.63) is 53.1 Å². The number of carbonyl (C=O) groups excluding carboxylic acids is 3. The van der Waals surface area contributed by atoms with E-state index in [1.807, 2.05) is 6.92 Å². The molecule has 0 unspecified atom stereocenters. The summed E-state index contributed by atoms with van der Waals surface area (Å²) in [6.07, 6.45) is 0.403. The number of aromatic nitrogens is 1.